The van der Waals surface area contributed by atoms with Gasteiger partial charge >= 0.3 is 11.9 Å². The maximum absolute atomic E-state index is 13.1. The summed E-state index contributed by atoms with van der Waals surface area (Å²) in [7, 11) is -2.00. The van der Waals surface area contributed by atoms with Gasteiger partial charge in [-0.25, -0.2) is 0 Å². The van der Waals surface area contributed by atoms with Crippen molar-refractivity contribution in [2.75, 3.05) is 0 Å². The molecule has 0 radical (unpaired) electrons. The van der Waals surface area contributed by atoms with E-state index in [0.717, 1.165) is 19.3 Å². The zero-order valence-electron chi connectivity index (χ0n) is 25.6. The summed E-state index contributed by atoms with van der Waals surface area (Å²) in [5, 5.41) is 11.9. The van der Waals surface area contributed by atoms with Gasteiger partial charge in [-0.3, -0.25) is 9.59 Å². The van der Waals surface area contributed by atoms with E-state index in [0.29, 0.717) is 25.7 Å². The van der Waals surface area contributed by atoms with Crippen molar-refractivity contribution in [3.05, 3.63) is 12.2 Å². The number of aliphatic hydroxyl groups is 1. The summed E-state index contributed by atoms with van der Waals surface area (Å²) in [4.78, 5) is 25.7. The van der Waals surface area contributed by atoms with Crippen molar-refractivity contribution in [2.24, 2.45) is 29.1 Å². The van der Waals surface area contributed by atoms with Crippen molar-refractivity contribution in [1.29, 1.82) is 0 Å². The minimum absolute atomic E-state index is 0.0784. The molecule has 1 aliphatic heterocycles. The highest BCUT2D eigenvalue weighted by molar-refractivity contribution is 6.74. The topological polar surface area (TPSA) is 82.1 Å². The Morgan fingerprint density at radius 1 is 1.16 bits per heavy atom. The Bertz CT molecular complexity index is 889. The highest BCUT2D eigenvalue weighted by Crippen LogP contribution is 2.50. The fourth-order valence-electron chi connectivity index (χ4n) is 6.34. The van der Waals surface area contributed by atoms with E-state index < -0.39 is 19.3 Å². The van der Waals surface area contributed by atoms with Gasteiger partial charge in [0.2, 0.25) is 0 Å². The summed E-state index contributed by atoms with van der Waals surface area (Å²) in [6, 6.07) is 0. The van der Waals surface area contributed by atoms with Crippen LogP contribution < -0.4 is 0 Å². The molecule has 0 aromatic heterocycles. The molecule has 3 rings (SSSR count). The van der Waals surface area contributed by atoms with E-state index in [1.54, 1.807) is 0 Å². The highest BCUT2D eigenvalue weighted by atomic mass is 28.4. The number of cyclic esters (lactones) is 1. The predicted molar refractivity (Wildman–Crippen MR) is 153 cm³/mol. The number of rotatable bonds is 8. The molecule has 0 amide bonds. The van der Waals surface area contributed by atoms with Crippen LogP contribution in [0.5, 0.6) is 0 Å². The lowest BCUT2D eigenvalue weighted by Gasteiger charge is -2.52. The summed E-state index contributed by atoms with van der Waals surface area (Å²) in [5.74, 6) is 0.0689. The number of esters is 2. The summed E-state index contributed by atoms with van der Waals surface area (Å²) in [6.07, 6.45) is 8.13. The van der Waals surface area contributed by atoms with E-state index >= 15 is 0 Å². The highest BCUT2D eigenvalue weighted by Gasteiger charge is 2.53. The van der Waals surface area contributed by atoms with Gasteiger partial charge in [0.25, 0.3) is 0 Å². The van der Waals surface area contributed by atoms with E-state index in [9.17, 15) is 14.7 Å². The van der Waals surface area contributed by atoms with Crippen LogP contribution in [0.3, 0.4) is 0 Å². The zero-order valence-corrected chi connectivity index (χ0v) is 26.6. The van der Waals surface area contributed by atoms with E-state index in [1.165, 1.54) is 0 Å². The van der Waals surface area contributed by atoms with E-state index in [4.69, 9.17) is 13.9 Å². The summed E-state index contributed by atoms with van der Waals surface area (Å²) in [5.41, 5.74) is -1.55. The molecule has 1 saturated heterocycles. The van der Waals surface area contributed by atoms with Gasteiger partial charge in [0.1, 0.15) is 12.2 Å². The third-order valence-electron chi connectivity index (χ3n) is 10.1. The van der Waals surface area contributed by atoms with Crippen molar-refractivity contribution in [1.82, 2.24) is 0 Å². The Kier molecular flexibility index (Phi) is 9.37. The van der Waals surface area contributed by atoms with Crippen LogP contribution in [0.1, 0.15) is 100 Å². The lowest BCUT2D eigenvalue weighted by atomic mass is 9.58. The summed E-state index contributed by atoms with van der Waals surface area (Å²) in [6.45, 7) is 21.3. The first-order valence-electron chi connectivity index (χ1n) is 14.9. The molecule has 1 saturated carbocycles. The van der Waals surface area contributed by atoms with Crippen molar-refractivity contribution in [2.45, 2.75) is 142 Å². The van der Waals surface area contributed by atoms with Crippen molar-refractivity contribution in [3.63, 3.8) is 0 Å². The smallest absolute Gasteiger partial charge is 0.311 e. The second kappa shape index (κ2) is 11.4. The fraction of sp³-hybridized carbons (Fsp3) is 0.871. The molecule has 2 aliphatic carbocycles. The average Bonchev–Trinajstić information content (AvgIpc) is 2.77. The number of fused-ring (bicyclic) bond motifs is 1. The van der Waals surface area contributed by atoms with Crippen LogP contribution in [0, 0.1) is 29.1 Å². The molecule has 7 heteroatoms. The minimum atomic E-state index is -2.00. The molecule has 1 heterocycles. The minimum Gasteiger partial charge on any atom is -0.462 e. The second-order valence-electron chi connectivity index (χ2n) is 14.8. The van der Waals surface area contributed by atoms with Gasteiger partial charge in [-0.2, -0.15) is 0 Å². The summed E-state index contributed by atoms with van der Waals surface area (Å²) >= 11 is 0. The van der Waals surface area contributed by atoms with Crippen LogP contribution >= 0.6 is 0 Å². The van der Waals surface area contributed by atoms with Gasteiger partial charge in [-0.05, 0) is 81.8 Å². The zero-order chi connectivity index (χ0) is 28.7. The molecule has 0 aromatic rings. The van der Waals surface area contributed by atoms with Crippen LogP contribution in [-0.2, 0) is 23.5 Å². The Balaban J connectivity index is 1.76. The molecule has 8 atom stereocenters. The molecular formula is C31H54O6Si. The van der Waals surface area contributed by atoms with E-state index in [2.05, 4.69) is 53.8 Å². The number of hydrogen-bond acceptors (Lipinski definition) is 6. The fourth-order valence-corrected chi connectivity index (χ4v) is 7.71. The van der Waals surface area contributed by atoms with Gasteiger partial charge in [-0.15, -0.1) is 0 Å². The Hall–Kier alpha value is -1.18. The third-order valence-corrected chi connectivity index (χ3v) is 14.7. The Morgan fingerprint density at radius 3 is 2.42 bits per heavy atom. The lowest BCUT2D eigenvalue weighted by Crippen LogP contribution is -2.56. The molecule has 0 aromatic carbocycles. The van der Waals surface area contributed by atoms with Crippen molar-refractivity contribution < 1.29 is 28.6 Å². The number of carbonyl (C=O) groups is 2. The van der Waals surface area contributed by atoms with Crippen LogP contribution in [0.25, 0.3) is 0 Å². The first-order chi connectivity index (χ1) is 17.4. The van der Waals surface area contributed by atoms with Crippen LogP contribution in [0.15, 0.2) is 12.2 Å². The molecule has 0 bridgehead atoms. The van der Waals surface area contributed by atoms with E-state index in [-0.39, 0.29) is 59.0 Å². The second-order valence-corrected chi connectivity index (χ2v) is 19.5. The quantitative estimate of drug-likeness (QED) is 0.203. The Labute approximate surface area is 232 Å². The van der Waals surface area contributed by atoms with Crippen LogP contribution in [-0.4, -0.2) is 49.3 Å². The van der Waals surface area contributed by atoms with Gasteiger partial charge in [-0.1, -0.05) is 53.7 Å². The Morgan fingerprint density at radius 2 is 1.82 bits per heavy atom. The predicted octanol–water partition coefficient (Wildman–Crippen LogP) is 6.81. The van der Waals surface area contributed by atoms with Crippen LogP contribution in [0.4, 0.5) is 0 Å². The number of allylic oxidation sites excluding steroid dienone is 1. The molecule has 218 valence electrons. The molecule has 0 spiro atoms. The lowest BCUT2D eigenvalue weighted by molar-refractivity contribution is -0.184. The van der Waals surface area contributed by atoms with E-state index in [1.807, 2.05) is 26.8 Å². The molecule has 3 aliphatic rings. The largest absolute Gasteiger partial charge is 0.462 e. The maximum atomic E-state index is 13.1. The number of hydrogen-bond donors (Lipinski definition) is 1. The first kappa shape index (κ1) is 31.3. The summed E-state index contributed by atoms with van der Waals surface area (Å²) < 4.78 is 18.6. The molecule has 6 nitrogen and oxygen atoms in total. The first-order valence-corrected chi connectivity index (χ1v) is 17.8. The van der Waals surface area contributed by atoms with Crippen LogP contribution in [0.2, 0.25) is 18.1 Å². The van der Waals surface area contributed by atoms with Crippen molar-refractivity contribution >= 4 is 20.3 Å². The average molecular weight is 551 g/mol. The molecular weight excluding hydrogens is 496 g/mol. The normalized spacial score (nSPS) is 36.4. The molecule has 38 heavy (non-hydrogen) atoms. The molecule has 0 unspecified atom stereocenters. The molecule has 2 fully saturated rings. The van der Waals surface area contributed by atoms with Crippen molar-refractivity contribution in [3.8, 4) is 0 Å². The van der Waals surface area contributed by atoms with Gasteiger partial charge in [0.15, 0.2) is 8.32 Å². The monoisotopic (exact) mass is 550 g/mol. The number of carbonyl (C=O) groups excluding carboxylic acids is 2. The third kappa shape index (κ3) is 6.93. The standard InChI is InChI=1S/C31H54O6Si/c1-11-30(7,8)28(33)36-25-16-20(2)19-31(34)15-14-21(3)24(27(25)31)13-12-22-17-23(18-26(32)35-22)37-38(9,10)29(4,5)6/h14-15,20-25,27,34H,11-13,16-19H2,1-10H3/t20-,21+,22-,23-,24+,25+,27+,31-/m1/s1. The SMILES string of the molecule is CCC(C)(C)C(=O)O[C@H]1C[C@@H](C)C[C@]2(O)C=C[C@H](C)[C@H](CC[C@@H]3C[C@@H](O[Si](C)(C)C(C)(C)C)CC(=O)O3)[C@@H]12. The van der Waals surface area contributed by atoms with Gasteiger partial charge in [0, 0.05) is 12.3 Å². The maximum Gasteiger partial charge on any atom is 0.311 e. The van der Waals surface area contributed by atoms with Gasteiger partial charge < -0.3 is 19.0 Å². The molecule has 1 N–H and O–H groups in total. The number of ether oxygens (including phenoxy) is 2. The van der Waals surface area contributed by atoms with Gasteiger partial charge in [0.05, 0.1) is 23.5 Å².